The predicted octanol–water partition coefficient (Wildman–Crippen LogP) is 3.21. The molecule has 0 aromatic carbocycles. The molecule has 0 radical (unpaired) electrons. The Morgan fingerprint density at radius 1 is 1.24 bits per heavy atom. The van der Waals surface area contributed by atoms with Gasteiger partial charge in [0.15, 0.2) is 0 Å². The maximum absolute atomic E-state index is 11.2. The molecule has 0 spiro atoms. The highest BCUT2D eigenvalue weighted by molar-refractivity contribution is 5.75. The first-order valence-electron chi connectivity index (χ1n) is 6.35. The molecule has 0 aromatic heterocycles. The molecule has 3 nitrogen and oxygen atoms in total. The third-order valence-corrected chi connectivity index (χ3v) is 3.75. The van der Waals surface area contributed by atoms with E-state index < -0.39 is 16.9 Å². The van der Waals surface area contributed by atoms with Crippen LogP contribution in [-0.2, 0) is 4.79 Å². The number of unbranched alkanes of at least 4 members (excludes halogenated alkanes) is 3. The molecule has 0 aromatic rings. The molecule has 0 atom stereocenters. The lowest BCUT2D eigenvalue weighted by atomic mass is 9.74. The van der Waals surface area contributed by atoms with Gasteiger partial charge in [0.2, 0.25) is 0 Å². The SMILES string of the molecule is C=CCCCCCNC(C)(C)C(C)(C)C(=O)O. The van der Waals surface area contributed by atoms with E-state index in [0.717, 1.165) is 32.2 Å². The molecule has 0 aliphatic carbocycles. The van der Waals surface area contributed by atoms with E-state index in [1.54, 1.807) is 13.8 Å². The Bertz CT molecular complexity index is 257. The largest absolute Gasteiger partial charge is 0.481 e. The van der Waals surface area contributed by atoms with Crippen LogP contribution in [0.5, 0.6) is 0 Å². The van der Waals surface area contributed by atoms with Crippen molar-refractivity contribution in [2.75, 3.05) is 6.54 Å². The van der Waals surface area contributed by atoms with E-state index in [9.17, 15) is 9.90 Å². The third kappa shape index (κ3) is 4.90. The van der Waals surface area contributed by atoms with Crippen LogP contribution in [-0.4, -0.2) is 23.2 Å². The van der Waals surface area contributed by atoms with Crippen LogP contribution in [0.25, 0.3) is 0 Å². The first-order valence-corrected chi connectivity index (χ1v) is 6.35. The van der Waals surface area contributed by atoms with Gasteiger partial charge in [-0.2, -0.15) is 0 Å². The van der Waals surface area contributed by atoms with E-state index in [0.29, 0.717) is 0 Å². The fraction of sp³-hybridized carbons (Fsp3) is 0.786. The van der Waals surface area contributed by atoms with Gasteiger partial charge in [0.25, 0.3) is 0 Å². The maximum Gasteiger partial charge on any atom is 0.310 e. The highest BCUT2D eigenvalue weighted by Gasteiger charge is 2.42. The summed E-state index contributed by atoms with van der Waals surface area (Å²) in [5.41, 5.74) is -1.18. The standard InChI is InChI=1S/C14H27NO2/c1-6-7-8-9-10-11-15-14(4,5)13(2,3)12(16)17/h6,15H,1,7-11H2,2-5H3,(H,16,17). The zero-order valence-corrected chi connectivity index (χ0v) is 11.7. The van der Waals surface area contributed by atoms with Gasteiger partial charge >= 0.3 is 5.97 Å². The lowest BCUT2D eigenvalue weighted by Gasteiger charge is -2.39. The fourth-order valence-corrected chi connectivity index (χ4v) is 1.48. The quantitative estimate of drug-likeness (QED) is 0.481. The molecule has 0 fully saturated rings. The Labute approximate surface area is 105 Å². The predicted molar refractivity (Wildman–Crippen MR) is 72.2 cm³/mol. The van der Waals surface area contributed by atoms with Crippen molar-refractivity contribution >= 4 is 5.97 Å². The first kappa shape index (κ1) is 16.2. The second kappa shape index (κ2) is 6.80. The molecule has 0 aliphatic rings. The van der Waals surface area contributed by atoms with Gasteiger partial charge in [-0.3, -0.25) is 4.79 Å². The van der Waals surface area contributed by atoms with Crippen molar-refractivity contribution in [3.05, 3.63) is 12.7 Å². The van der Waals surface area contributed by atoms with Crippen LogP contribution in [0.2, 0.25) is 0 Å². The Balaban J connectivity index is 4.01. The molecule has 0 saturated heterocycles. The van der Waals surface area contributed by atoms with Gasteiger partial charge < -0.3 is 10.4 Å². The summed E-state index contributed by atoms with van der Waals surface area (Å²) in [6.45, 7) is 12.0. The zero-order chi connectivity index (χ0) is 13.5. The Morgan fingerprint density at radius 3 is 2.29 bits per heavy atom. The van der Waals surface area contributed by atoms with Gasteiger partial charge in [-0.15, -0.1) is 6.58 Å². The summed E-state index contributed by atoms with van der Waals surface area (Å²) in [5.74, 6) is -0.762. The highest BCUT2D eigenvalue weighted by Crippen LogP contribution is 2.30. The normalized spacial score (nSPS) is 12.5. The molecule has 0 heterocycles. The molecule has 0 rings (SSSR count). The number of hydrogen-bond donors (Lipinski definition) is 2. The van der Waals surface area contributed by atoms with Crippen LogP contribution in [0, 0.1) is 5.41 Å². The van der Waals surface area contributed by atoms with Crippen LogP contribution in [0.1, 0.15) is 53.4 Å². The summed E-state index contributed by atoms with van der Waals surface area (Å²) >= 11 is 0. The molecule has 0 saturated carbocycles. The number of hydrogen-bond acceptors (Lipinski definition) is 2. The summed E-state index contributed by atoms with van der Waals surface area (Å²) in [6.07, 6.45) is 6.39. The minimum Gasteiger partial charge on any atom is -0.481 e. The molecule has 17 heavy (non-hydrogen) atoms. The molecule has 0 amide bonds. The minimum absolute atomic E-state index is 0.405. The molecule has 0 unspecified atom stereocenters. The molecular formula is C14H27NO2. The molecule has 100 valence electrons. The Hall–Kier alpha value is -0.830. The summed E-state index contributed by atoms with van der Waals surface area (Å²) in [5, 5.41) is 12.5. The van der Waals surface area contributed by atoms with Crippen molar-refractivity contribution in [3.8, 4) is 0 Å². The summed E-state index contributed by atoms with van der Waals surface area (Å²) < 4.78 is 0. The van der Waals surface area contributed by atoms with Crippen molar-refractivity contribution in [1.82, 2.24) is 5.32 Å². The van der Waals surface area contributed by atoms with Gasteiger partial charge in [0.1, 0.15) is 0 Å². The van der Waals surface area contributed by atoms with Gasteiger partial charge in [-0.05, 0) is 53.5 Å². The minimum atomic E-state index is -0.770. The van der Waals surface area contributed by atoms with Crippen LogP contribution >= 0.6 is 0 Å². The van der Waals surface area contributed by atoms with E-state index in [1.165, 1.54) is 0 Å². The topological polar surface area (TPSA) is 49.3 Å². The second-order valence-electron chi connectivity index (χ2n) is 5.62. The van der Waals surface area contributed by atoms with E-state index >= 15 is 0 Å². The van der Waals surface area contributed by atoms with Crippen molar-refractivity contribution in [2.45, 2.75) is 58.9 Å². The van der Waals surface area contributed by atoms with E-state index in [-0.39, 0.29) is 0 Å². The van der Waals surface area contributed by atoms with Crippen molar-refractivity contribution in [1.29, 1.82) is 0 Å². The van der Waals surface area contributed by atoms with E-state index in [1.807, 2.05) is 19.9 Å². The number of allylic oxidation sites excluding steroid dienone is 1. The Kier molecular flexibility index (Phi) is 6.46. The number of carboxylic acid groups (broad SMARTS) is 1. The Morgan fingerprint density at radius 2 is 1.82 bits per heavy atom. The average molecular weight is 241 g/mol. The number of nitrogens with one attached hydrogen (secondary N) is 1. The monoisotopic (exact) mass is 241 g/mol. The number of carboxylic acids is 1. The first-order chi connectivity index (χ1) is 7.75. The van der Waals surface area contributed by atoms with Crippen LogP contribution in [0.3, 0.4) is 0 Å². The summed E-state index contributed by atoms with van der Waals surface area (Å²) in [7, 11) is 0. The van der Waals surface area contributed by atoms with Gasteiger partial charge in [-0.1, -0.05) is 12.5 Å². The van der Waals surface area contributed by atoms with E-state index in [2.05, 4.69) is 11.9 Å². The van der Waals surface area contributed by atoms with Gasteiger partial charge in [0, 0.05) is 5.54 Å². The number of rotatable bonds is 9. The molecule has 3 heteroatoms. The maximum atomic E-state index is 11.2. The smallest absolute Gasteiger partial charge is 0.310 e. The molecule has 0 aliphatic heterocycles. The summed E-state index contributed by atoms with van der Waals surface area (Å²) in [4.78, 5) is 11.2. The lowest BCUT2D eigenvalue weighted by molar-refractivity contribution is -0.151. The van der Waals surface area contributed by atoms with Gasteiger partial charge in [-0.25, -0.2) is 0 Å². The average Bonchev–Trinajstić information content (AvgIpc) is 2.22. The highest BCUT2D eigenvalue weighted by atomic mass is 16.4. The number of carbonyl (C=O) groups is 1. The van der Waals surface area contributed by atoms with Crippen molar-refractivity contribution in [3.63, 3.8) is 0 Å². The number of aliphatic carboxylic acids is 1. The van der Waals surface area contributed by atoms with Crippen molar-refractivity contribution in [2.24, 2.45) is 5.41 Å². The molecule has 0 bridgehead atoms. The lowest BCUT2D eigenvalue weighted by Crippen LogP contribution is -2.55. The second-order valence-corrected chi connectivity index (χ2v) is 5.62. The summed E-state index contributed by atoms with van der Waals surface area (Å²) in [6, 6.07) is 0. The van der Waals surface area contributed by atoms with Crippen molar-refractivity contribution < 1.29 is 9.90 Å². The molecule has 2 N–H and O–H groups in total. The third-order valence-electron chi connectivity index (χ3n) is 3.75. The molecular weight excluding hydrogens is 214 g/mol. The van der Waals surface area contributed by atoms with E-state index in [4.69, 9.17) is 0 Å². The van der Waals surface area contributed by atoms with Crippen LogP contribution < -0.4 is 5.32 Å². The zero-order valence-electron chi connectivity index (χ0n) is 11.7. The fourth-order valence-electron chi connectivity index (χ4n) is 1.48. The van der Waals surface area contributed by atoms with Crippen LogP contribution in [0.15, 0.2) is 12.7 Å². The van der Waals surface area contributed by atoms with Gasteiger partial charge in [0.05, 0.1) is 5.41 Å². The van der Waals surface area contributed by atoms with Crippen LogP contribution in [0.4, 0.5) is 0 Å².